The summed E-state index contributed by atoms with van der Waals surface area (Å²) in [4.78, 5) is 0. The van der Waals surface area contributed by atoms with Gasteiger partial charge in [0.25, 0.3) is 0 Å². The summed E-state index contributed by atoms with van der Waals surface area (Å²) in [5.74, 6) is -0.738. The molecule has 0 radical (unpaired) electrons. The predicted octanol–water partition coefficient (Wildman–Crippen LogP) is 0.393. The van der Waals surface area contributed by atoms with Gasteiger partial charge in [-0.15, -0.1) is 0 Å². The van der Waals surface area contributed by atoms with Crippen molar-refractivity contribution in [2.45, 2.75) is 12.2 Å². The molecule has 0 aromatic carbocycles. The molecule has 0 saturated carbocycles. The molecule has 4 N–H and O–H groups in total. The summed E-state index contributed by atoms with van der Waals surface area (Å²) in [5, 5.41) is 0. The first-order valence-corrected chi connectivity index (χ1v) is 9.60. The van der Waals surface area contributed by atoms with E-state index in [-0.39, 0.29) is 24.7 Å². The van der Waals surface area contributed by atoms with Gasteiger partial charge >= 0.3 is 10.4 Å². The highest BCUT2D eigenvalue weighted by molar-refractivity contribution is 8.20. The molecule has 0 aromatic rings. The summed E-state index contributed by atoms with van der Waals surface area (Å²) in [6.07, 6.45) is -2.12. The van der Waals surface area contributed by atoms with Crippen LogP contribution in [0.2, 0.25) is 0 Å². The lowest BCUT2D eigenvalue weighted by atomic mass is 10.5. The Morgan fingerprint density at radius 3 is 1.53 bits per heavy atom. The summed E-state index contributed by atoms with van der Waals surface area (Å²) >= 11 is 0. The Morgan fingerprint density at radius 2 is 1.26 bits per heavy atom. The van der Waals surface area contributed by atoms with Crippen LogP contribution >= 0.6 is 21.7 Å². The van der Waals surface area contributed by atoms with Crippen molar-refractivity contribution in [1.29, 1.82) is 0 Å². The Balaban J connectivity index is 1.86. The van der Waals surface area contributed by atoms with E-state index in [1.165, 1.54) is 0 Å². The molecule has 0 aromatic heterocycles. The maximum Gasteiger partial charge on any atom is 0.400 e. The summed E-state index contributed by atoms with van der Waals surface area (Å²) in [6, 6.07) is 0. The fourth-order valence-corrected chi connectivity index (χ4v) is 4.87. The molecule has 2 rings (SSSR count). The van der Waals surface area contributed by atoms with Gasteiger partial charge in [-0.2, -0.15) is 8.42 Å². The SMILES string of the molecule is O=S(=O)(OC1COS(O)(O)C1)OC1COS(O)(O)C1. The zero-order chi connectivity index (χ0) is 14.3. The van der Waals surface area contributed by atoms with Gasteiger partial charge < -0.3 is 18.2 Å². The van der Waals surface area contributed by atoms with Crippen molar-refractivity contribution in [3.05, 3.63) is 0 Å². The monoisotopic (exact) mass is 342 g/mol. The topological polar surface area (TPSA) is 152 Å². The van der Waals surface area contributed by atoms with E-state index in [9.17, 15) is 8.42 Å². The van der Waals surface area contributed by atoms with Crippen LogP contribution in [0.25, 0.3) is 0 Å². The van der Waals surface area contributed by atoms with Crippen LogP contribution < -0.4 is 0 Å². The quantitative estimate of drug-likeness (QED) is 0.564. The normalized spacial score (nSPS) is 37.1. The molecule has 2 fully saturated rings. The molecule has 2 aliphatic rings. The Hall–Kier alpha value is 0.330. The van der Waals surface area contributed by atoms with Crippen molar-refractivity contribution in [1.82, 2.24) is 0 Å². The lowest BCUT2D eigenvalue weighted by Crippen LogP contribution is -2.28. The minimum atomic E-state index is -4.43. The van der Waals surface area contributed by atoms with Gasteiger partial charge in [-0.3, -0.25) is 8.37 Å². The molecule has 10 nitrogen and oxygen atoms in total. The van der Waals surface area contributed by atoms with Crippen molar-refractivity contribution in [3.63, 3.8) is 0 Å². The van der Waals surface area contributed by atoms with Crippen molar-refractivity contribution in [2.24, 2.45) is 0 Å². The van der Waals surface area contributed by atoms with Gasteiger partial charge in [-0.25, -0.2) is 8.37 Å². The second kappa shape index (κ2) is 5.27. The molecule has 116 valence electrons. The lowest BCUT2D eigenvalue weighted by molar-refractivity contribution is 0.112. The fourth-order valence-electron chi connectivity index (χ4n) is 1.51. The first-order valence-electron chi connectivity index (χ1n) is 4.99. The average Bonchev–Trinajstić information content (AvgIpc) is 2.68. The van der Waals surface area contributed by atoms with E-state index in [0.717, 1.165) is 0 Å². The van der Waals surface area contributed by atoms with E-state index < -0.39 is 44.3 Å². The van der Waals surface area contributed by atoms with Crippen LogP contribution in [-0.4, -0.2) is 63.6 Å². The third-order valence-corrected chi connectivity index (χ3v) is 5.85. The summed E-state index contributed by atoms with van der Waals surface area (Å²) in [7, 11) is -10.9. The van der Waals surface area contributed by atoms with E-state index in [1.807, 2.05) is 0 Å². The van der Waals surface area contributed by atoms with Crippen LogP contribution in [0.4, 0.5) is 0 Å². The molecule has 2 atom stereocenters. The maximum atomic E-state index is 11.5. The van der Waals surface area contributed by atoms with Gasteiger partial charge in [0, 0.05) is 0 Å². The van der Waals surface area contributed by atoms with Gasteiger partial charge in [0.05, 0.1) is 46.5 Å². The lowest BCUT2D eigenvalue weighted by Gasteiger charge is -2.18. The molecule has 2 aliphatic heterocycles. The molecule has 2 saturated heterocycles. The smallest absolute Gasteiger partial charge is 0.308 e. The van der Waals surface area contributed by atoms with E-state index in [0.29, 0.717) is 0 Å². The first-order chi connectivity index (χ1) is 8.57. The van der Waals surface area contributed by atoms with E-state index in [1.54, 1.807) is 0 Å². The van der Waals surface area contributed by atoms with Crippen LogP contribution in [0.5, 0.6) is 0 Å². The van der Waals surface area contributed by atoms with Crippen LogP contribution in [0, 0.1) is 0 Å². The molecular formula is C6H14O10S3. The van der Waals surface area contributed by atoms with E-state index in [4.69, 9.17) is 18.2 Å². The number of rotatable bonds is 4. The Bertz CT molecular complexity index is 399. The zero-order valence-corrected chi connectivity index (χ0v) is 11.9. The molecule has 2 heterocycles. The van der Waals surface area contributed by atoms with E-state index in [2.05, 4.69) is 16.7 Å². The number of hydrogen-bond donors (Lipinski definition) is 4. The van der Waals surface area contributed by atoms with E-state index >= 15 is 0 Å². The van der Waals surface area contributed by atoms with Gasteiger partial charge in [0.15, 0.2) is 0 Å². The van der Waals surface area contributed by atoms with Crippen LogP contribution in [0.1, 0.15) is 0 Å². The molecule has 2 unspecified atom stereocenters. The van der Waals surface area contributed by atoms with Gasteiger partial charge in [0.2, 0.25) is 0 Å². The van der Waals surface area contributed by atoms with Crippen LogP contribution in [0.15, 0.2) is 0 Å². The minimum Gasteiger partial charge on any atom is -0.308 e. The van der Waals surface area contributed by atoms with Crippen LogP contribution in [0.3, 0.4) is 0 Å². The molecule has 0 aliphatic carbocycles. The predicted molar refractivity (Wildman–Crippen MR) is 66.0 cm³/mol. The highest BCUT2D eigenvalue weighted by Crippen LogP contribution is 2.47. The van der Waals surface area contributed by atoms with Crippen molar-refractivity contribution in [2.75, 3.05) is 24.7 Å². The van der Waals surface area contributed by atoms with Gasteiger partial charge in [0.1, 0.15) is 12.2 Å². The average molecular weight is 342 g/mol. The Labute approximate surface area is 113 Å². The first kappa shape index (κ1) is 15.7. The maximum absolute atomic E-state index is 11.5. The van der Waals surface area contributed by atoms with Crippen molar-refractivity contribution >= 4 is 32.1 Å². The van der Waals surface area contributed by atoms with Gasteiger partial charge in [-0.05, 0) is 0 Å². The fraction of sp³-hybridized carbons (Fsp3) is 1.00. The largest absolute Gasteiger partial charge is 0.400 e. The Kier molecular flexibility index (Phi) is 4.36. The molecule has 13 heteroatoms. The van der Waals surface area contributed by atoms with Gasteiger partial charge in [-0.1, -0.05) is 0 Å². The molecule has 0 amide bonds. The van der Waals surface area contributed by atoms with Crippen molar-refractivity contribution in [3.8, 4) is 0 Å². The third kappa shape index (κ3) is 4.68. The molecule has 0 spiro atoms. The summed E-state index contributed by atoms with van der Waals surface area (Å²) < 4.78 is 77.8. The Morgan fingerprint density at radius 1 is 0.895 bits per heavy atom. The standard InChI is InChI=1S/C6H14O10S3/c7-17(8)3-5(1-13-17)15-19(11,12)16-6-2-14-18(9,10)4-6/h5-10H,1-4H2. The highest BCUT2D eigenvalue weighted by Gasteiger charge is 2.40. The molecule has 19 heavy (non-hydrogen) atoms. The second-order valence-electron chi connectivity index (χ2n) is 3.96. The minimum absolute atomic E-state index is 0.290. The highest BCUT2D eigenvalue weighted by atomic mass is 32.3. The second-order valence-corrected chi connectivity index (χ2v) is 8.73. The zero-order valence-electron chi connectivity index (χ0n) is 9.45. The van der Waals surface area contributed by atoms with Crippen molar-refractivity contribution < 1.29 is 43.4 Å². The summed E-state index contributed by atoms with van der Waals surface area (Å²) in [6.45, 7) is -0.581. The van der Waals surface area contributed by atoms with Crippen LogP contribution in [-0.2, 0) is 27.1 Å². The molecular weight excluding hydrogens is 328 g/mol. The number of hydrogen-bond acceptors (Lipinski definition) is 10. The summed E-state index contributed by atoms with van der Waals surface area (Å²) in [5.41, 5.74) is 0. The third-order valence-electron chi connectivity index (χ3n) is 2.20. The molecule has 0 bridgehead atoms.